The van der Waals surface area contributed by atoms with E-state index in [-0.39, 0.29) is 0 Å². The van der Waals surface area contributed by atoms with E-state index in [0.29, 0.717) is 31.2 Å². The van der Waals surface area contributed by atoms with E-state index in [0.717, 1.165) is 24.6 Å². The van der Waals surface area contributed by atoms with Crippen molar-refractivity contribution < 1.29 is 26.7 Å². The van der Waals surface area contributed by atoms with Gasteiger partial charge in [0.2, 0.25) is 0 Å². The lowest BCUT2D eigenvalue weighted by Crippen LogP contribution is -2.58. The van der Waals surface area contributed by atoms with E-state index in [1.807, 2.05) is 0 Å². The van der Waals surface area contributed by atoms with Crippen LogP contribution in [0.3, 0.4) is 0 Å². The summed E-state index contributed by atoms with van der Waals surface area (Å²) < 4.78 is 68.9. The van der Waals surface area contributed by atoms with Gasteiger partial charge in [0.15, 0.2) is 6.29 Å². The summed E-state index contributed by atoms with van der Waals surface area (Å²) in [4.78, 5) is 17.3. The van der Waals surface area contributed by atoms with Crippen LogP contribution in [0.25, 0.3) is 0 Å². The second kappa shape index (κ2) is 8.99. The predicted octanol–water partition coefficient (Wildman–Crippen LogP) is 4.90. The molecule has 3 aliphatic rings. The Morgan fingerprint density at radius 1 is 0.861 bits per heavy atom. The maximum Gasteiger partial charge on any atom is 0.431 e. The Hall–Kier alpha value is -3.27. The maximum atomic E-state index is 14.0. The SMILES string of the molecule is O=C(NC1(c2ccc(F)cc2)CCC1)C1=C(C(F)(F)F)NC(NC2(c3ccc(F)cc3)CCC2)N=C1. The second-order valence-corrected chi connectivity index (χ2v) is 9.60. The Balaban J connectivity index is 1.37. The molecule has 2 fully saturated rings. The Kier molecular flexibility index (Phi) is 6.10. The fourth-order valence-corrected chi connectivity index (χ4v) is 5.09. The molecule has 1 atom stereocenters. The summed E-state index contributed by atoms with van der Waals surface area (Å²) in [6.45, 7) is 0. The van der Waals surface area contributed by atoms with Gasteiger partial charge in [-0.05, 0) is 73.9 Å². The van der Waals surface area contributed by atoms with Gasteiger partial charge in [0.25, 0.3) is 5.91 Å². The lowest BCUT2D eigenvalue weighted by molar-refractivity contribution is -0.122. The topological polar surface area (TPSA) is 65.5 Å². The van der Waals surface area contributed by atoms with Gasteiger partial charge in [0.1, 0.15) is 17.3 Å². The van der Waals surface area contributed by atoms with Gasteiger partial charge in [-0.15, -0.1) is 0 Å². The summed E-state index contributed by atoms with van der Waals surface area (Å²) in [7, 11) is 0. The minimum Gasteiger partial charge on any atom is -0.347 e. The molecule has 1 heterocycles. The molecule has 0 bridgehead atoms. The molecule has 0 aromatic heterocycles. The van der Waals surface area contributed by atoms with E-state index < -0.39 is 52.4 Å². The first-order chi connectivity index (χ1) is 17.1. The van der Waals surface area contributed by atoms with E-state index in [2.05, 4.69) is 20.9 Å². The van der Waals surface area contributed by atoms with Crippen LogP contribution in [-0.2, 0) is 15.9 Å². The van der Waals surface area contributed by atoms with Gasteiger partial charge in [-0.3, -0.25) is 15.1 Å². The molecule has 36 heavy (non-hydrogen) atoms. The lowest BCUT2D eigenvalue weighted by Gasteiger charge is -2.46. The molecule has 5 nitrogen and oxygen atoms in total. The standard InChI is InChI=1S/C26H25F5N4O/c27-18-7-3-16(4-8-18)24(11-1-12-24)34-22(36)20-15-32-23(33-21(20)26(29,30)31)35-25(13-2-14-25)17-5-9-19(28)10-6-17/h3-10,15,23,33,35H,1-2,11-14H2,(H,34,36). The Bertz CT molecular complexity index is 1200. The molecule has 1 aliphatic heterocycles. The molecule has 0 spiro atoms. The number of aliphatic imine (C=N–C) groups is 1. The summed E-state index contributed by atoms with van der Waals surface area (Å²) in [5.74, 6) is -1.74. The maximum absolute atomic E-state index is 14.0. The molecular formula is C26H25F5N4O. The van der Waals surface area contributed by atoms with Crippen LogP contribution in [0.4, 0.5) is 22.0 Å². The number of alkyl halides is 3. The normalized spacial score (nSPS) is 22.3. The average molecular weight is 505 g/mol. The average Bonchev–Trinajstić information content (AvgIpc) is 2.79. The molecule has 3 N–H and O–H groups in total. The molecule has 190 valence electrons. The number of carbonyl (C=O) groups is 1. The van der Waals surface area contributed by atoms with Gasteiger partial charge >= 0.3 is 6.18 Å². The molecule has 1 amide bonds. The fraction of sp³-hybridized carbons (Fsp3) is 0.385. The third-order valence-electron chi connectivity index (χ3n) is 7.40. The van der Waals surface area contributed by atoms with Crippen molar-refractivity contribution >= 4 is 12.1 Å². The zero-order valence-corrected chi connectivity index (χ0v) is 19.3. The summed E-state index contributed by atoms with van der Waals surface area (Å²) in [6.07, 6.45) is -0.977. The second-order valence-electron chi connectivity index (χ2n) is 9.60. The van der Waals surface area contributed by atoms with Crippen LogP contribution in [0, 0.1) is 11.6 Å². The summed E-state index contributed by atoms with van der Waals surface area (Å²) in [5.41, 5.74) is -1.88. The molecule has 2 aromatic carbocycles. The van der Waals surface area contributed by atoms with Gasteiger partial charge in [0, 0.05) is 11.8 Å². The van der Waals surface area contributed by atoms with Gasteiger partial charge in [-0.25, -0.2) is 8.78 Å². The van der Waals surface area contributed by atoms with Crippen LogP contribution in [-0.4, -0.2) is 24.6 Å². The van der Waals surface area contributed by atoms with Crippen LogP contribution in [0.15, 0.2) is 64.8 Å². The summed E-state index contributed by atoms with van der Waals surface area (Å²) in [5, 5.41) is 8.24. The number of hydrogen-bond donors (Lipinski definition) is 3. The number of carbonyl (C=O) groups excluding carboxylic acids is 1. The summed E-state index contributed by atoms with van der Waals surface area (Å²) >= 11 is 0. The highest BCUT2D eigenvalue weighted by molar-refractivity contribution is 6.13. The Morgan fingerprint density at radius 2 is 1.36 bits per heavy atom. The monoisotopic (exact) mass is 504 g/mol. The van der Waals surface area contributed by atoms with E-state index in [4.69, 9.17) is 0 Å². The van der Waals surface area contributed by atoms with Crippen LogP contribution in [0.1, 0.15) is 49.7 Å². The van der Waals surface area contributed by atoms with Crippen LogP contribution >= 0.6 is 0 Å². The van der Waals surface area contributed by atoms with Crippen molar-refractivity contribution in [2.45, 2.75) is 62.1 Å². The molecule has 2 aliphatic carbocycles. The summed E-state index contributed by atoms with van der Waals surface area (Å²) in [6, 6.07) is 11.5. The smallest absolute Gasteiger partial charge is 0.347 e. The highest BCUT2D eigenvalue weighted by Crippen LogP contribution is 2.43. The van der Waals surface area contributed by atoms with Crippen molar-refractivity contribution in [1.29, 1.82) is 0 Å². The van der Waals surface area contributed by atoms with Crippen molar-refractivity contribution in [3.05, 3.63) is 82.6 Å². The van der Waals surface area contributed by atoms with E-state index in [9.17, 15) is 26.7 Å². The third kappa shape index (κ3) is 4.50. The quantitative estimate of drug-likeness (QED) is 0.491. The van der Waals surface area contributed by atoms with Crippen molar-refractivity contribution in [2.24, 2.45) is 4.99 Å². The number of benzene rings is 2. The largest absolute Gasteiger partial charge is 0.431 e. The van der Waals surface area contributed by atoms with Crippen LogP contribution in [0.5, 0.6) is 0 Å². The minimum absolute atomic E-state index is 0.398. The predicted molar refractivity (Wildman–Crippen MR) is 124 cm³/mol. The number of amides is 1. The highest BCUT2D eigenvalue weighted by Gasteiger charge is 2.46. The first-order valence-electron chi connectivity index (χ1n) is 11.8. The molecule has 0 radical (unpaired) electrons. The highest BCUT2D eigenvalue weighted by atomic mass is 19.4. The minimum atomic E-state index is -4.83. The molecule has 2 saturated carbocycles. The zero-order valence-electron chi connectivity index (χ0n) is 19.3. The van der Waals surface area contributed by atoms with Gasteiger partial charge in [0.05, 0.1) is 11.1 Å². The Labute approximate surface area is 204 Å². The number of nitrogens with one attached hydrogen (secondary N) is 3. The molecule has 1 unspecified atom stereocenters. The number of allylic oxidation sites excluding steroid dienone is 1. The molecule has 0 saturated heterocycles. The number of halogens is 5. The first kappa shape index (κ1) is 24.4. The molecule has 5 rings (SSSR count). The van der Waals surface area contributed by atoms with E-state index in [1.165, 1.54) is 36.4 Å². The van der Waals surface area contributed by atoms with Crippen molar-refractivity contribution in [1.82, 2.24) is 16.0 Å². The molecular weight excluding hydrogens is 479 g/mol. The number of nitrogens with zero attached hydrogens (tertiary/aromatic N) is 1. The van der Waals surface area contributed by atoms with Gasteiger partial charge in [-0.2, -0.15) is 13.2 Å². The van der Waals surface area contributed by atoms with E-state index in [1.54, 1.807) is 12.1 Å². The molecule has 2 aromatic rings. The van der Waals surface area contributed by atoms with E-state index >= 15 is 0 Å². The van der Waals surface area contributed by atoms with Crippen molar-refractivity contribution in [2.75, 3.05) is 0 Å². The Morgan fingerprint density at radius 3 is 1.81 bits per heavy atom. The van der Waals surface area contributed by atoms with Crippen LogP contribution < -0.4 is 16.0 Å². The van der Waals surface area contributed by atoms with Crippen molar-refractivity contribution in [3.8, 4) is 0 Å². The zero-order chi connectivity index (χ0) is 25.6. The van der Waals surface area contributed by atoms with Gasteiger partial charge in [-0.1, -0.05) is 24.3 Å². The first-order valence-corrected chi connectivity index (χ1v) is 11.8. The number of rotatable bonds is 6. The third-order valence-corrected chi connectivity index (χ3v) is 7.40. The fourth-order valence-electron chi connectivity index (χ4n) is 5.09. The number of hydrogen-bond acceptors (Lipinski definition) is 4. The lowest BCUT2D eigenvalue weighted by atomic mass is 9.71. The van der Waals surface area contributed by atoms with Crippen LogP contribution in [0.2, 0.25) is 0 Å². The van der Waals surface area contributed by atoms with Crippen molar-refractivity contribution in [3.63, 3.8) is 0 Å². The van der Waals surface area contributed by atoms with Gasteiger partial charge < -0.3 is 10.6 Å². The molecule has 10 heteroatoms.